The fourth-order valence-electron chi connectivity index (χ4n) is 1.17. The Kier molecular flexibility index (Phi) is 2.93. The van der Waals surface area contributed by atoms with Crippen LogP contribution in [0.3, 0.4) is 0 Å². The molecular weight excluding hydrogens is 193 g/mol. The molecule has 0 spiro atoms. The molecule has 0 saturated heterocycles. The van der Waals surface area contributed by atoms with Crippen molar-refractivity contribution in [3.8, 4) is 5.75 Å². The van der Waals surface area contributed by atoms with Crippen LogP contribution < -0.4 is 4.74 Å². The van der Waals surface area contributed by atoms with E-state index in [1.807, 2.05) is 0 Å². The summed E-state index contributed by atoms with van der Waals surface area (Å²) in [6.07, 6.45) is 1.42. The van der Waals surface area contributed by atoms with Crippen LogP contribution in [0.4, 0.5) is 4.39 Å². The molecule has 75 valence electrons. The number of pyridine rings is 1. The molecule has 0 amide bonds. The molecular formula is C12H9FNO. The number of benzene rings is 1. The second-order valence-electron chi connectivity index (χ2n) is 3.01. The Morgan fingerprint density at radius 2 is 2.07 bits per heavy atom. The Bertz CT molecular complexity index is 431. The first-order valence-corrected chi connectivity index (χ1v) is 4.54. The topological polar surface area (TPSA) is 22.1 Å². The van der Waals surface area contributed by atoms with Gasteiger partial charge in [-0.3, -0.25) is 0 Å². The van der Waals surface area contributed by atoms with Crippen LogP contribution in [0.1, 0.15) is 5.56 Å². The lowest BCUT2D eigenvalue weighted by atomic mass is 10.3. The number of nitrogens with zero attached hydrogens (tertiary/aromatic N) is 1. The van der Waals surface area contributed by atoms with Gasteiger partial charge >= 0.3 is 0 Å². The Morgan fingerprint density at radius 1 is 1.27 bits per heavy atom. The summed E-state index contributed by atoms with van der Waals surface area (Å²) in [7, 11) is 0. The smallest absolute Gasteiger partial charge is 0.213 e. The van der Waals surface area contributed by atoms with Gasteiger partial charge in [0.05, 0.1) is 0 Å². The monoisotopic (exact) mass is 202 g/mol. The lowest BCUT2D eigenvalue weighted by Crippen LogP contribution is -1.96. The minimum Gasteiger partial charge on any atom is -0.489 e. The summed E-state index contributed by atoms with van der Waals surface area (Å²) in [6, 6.07) is 13.1. The normalized spacial score (nSPS) is 9.93. The van der Waals surface area contributed by atoms with E-state index in [1.165, 1.54) is 12.3 Å². The van der Waals surface area contributed by atoms with E-state index in [2.05, 4.69) is 11.1 Å². The predicted molar refractivity (Wildman–Crippen MR) is 53.8 cm³/mol. The zero-order valence-corrected chi connectivity index (χ0v) is 7.98. The highest BCUT2D eigenvalue weighted by atomic mass is 19.1. The van der Waals surface area contributed by atoms with Crippen LogP contribution in [0, 0.1) is 12.0 Å². The summed E-state index contributed by atoms with van der Waals surface area (Å²) in [5.74, 6) is 0.253. The molecule has 0 saturated carbocycles. The first-order chi connectivity index (χ1) is 7.34. The molecule has 15 heavy (non-hydrogen) atoms. The maximum absolute atomic E-state index is 12.7. The van der Waals surface area contributed by atoms with Gasteiger partial charge in [0.1, 0.15) is 12.4 Å². The van der Waals surface area contributed by atoms with Gasteiger partial charge in [0.2, 0.25) is 5.95 Å². The molecule has 0 aliphatic carbocycles. The van der Waals surface area contributed by atoms with E-state index in [0.717, 1.165) is 11.3 Å². The van der Waals surface area contributed by atoms with Gasteiger partial charge in [-0.25, -0.2) is 4.98 Å². The molecule has 2 nitrogen and oxygen atoms in total. The number of hydrogen-bond acceptors (Lipinski definition) is 2. The fourth-order valence-corrected chi connectivity index (χ4v) is 1.17. The van der Waals surface area contributed by atoms with Gasteiger partial charge < -0.3 is 4.74 Å². The highest BCUT2D eigenvalue weighted by molar-refractivity contribution is 5.21. The zero-order valence-electron chi connectivity index (χ0n) is 7.98. The van der Waals surface area contributed by atoms with Crippen molar-refractivity contribution in [2.75, 3.05) is 0 Å². The summed E-state index contributed by atoms with van der Waals surface area (Å²) >= 11 is 0. The largest absolute Gasteiger partial charge is 0.489 e. The third-order valence-electron chi connectivity index (χ3n) is 1.88. The molecule has 0 bridgehead atoms. The van der Waals surface area contributed by atoms with Crippen molar-refractivity contribution in [3.05, 3.63) is 60.2 Å². The third-order valence-corrected chi connectivity index (χ3v) is 1.88. The quantitative estimate of drug-likeness (QED) is 0.714. The van der Waals surface area contributed by atoms with Crippen molar-refractivity contribution >= 4 is 0 Å². The van der Waals surface area contributed by atoms with Gasteiger partial charge in [-0.15, -0.1) is 0 Å². The average molecular weight is 202 g/mol. The van der Waals surface area contributed by atoms with Gasteiger partial charge in [-0.05, 0) is 35.9 Å². The van der Waals surface area contributed by atoms with Crippen LogP contribution in [-0.4, -0.2) is 4.98 Å². The van der Waals surface area contributed by atoms with Gasteiger partial charge in [-0.1, -0.05) is 12.1 Å². The summed E-state index contributed by atoms with van der Waals surface area (Å²) in [6.45, 7) is 0.337. The number of halogens is 1. The van der Waals surface area contributed by atoms with Crippen LogP contribution in [0.2, 0.25) is 0 Å². The van der Waals surface area contributed by atoms with Crippen molar-refractivity contribution in [3.63, 3.8) is 0 Å². The standard InChI is InChI=1S/C12H9FNO/c13-12-8-10(6-7-14-12)9-15-11-4-2-1-3-5-11/h2-8H,9H2. The molecule has 0 fully saturated rings. The molecule has 0 aliphatic rings. The van der Waals surface area contributed by atoms with Crippen molar-refractivity contribution in [1.29, 1.82) is 0 Å². The van der Waals surface area contributed by atoms with E-state index in [0.29, 0.717) is 6.61 Å². The SMILES string of the molecule is Fc1cc(COc2cc[c]cc2)ccn1. The van der Waals surface area contributed by atoms with Crippen LogP contribution >= 0.6 is 0 Å². The minimum absolute atomic E-state index is 0.337. The average Bonchev–Trinajstić information content (AvgIpc) is 2.28. The molecule has 1 aromatic carbocycles. The molecule has 1 radical (unpaired) electrons. The molecule has 1 aromatic heterocycles. The van der Waals surface area contributed by atoms with E-state index in [9.17, 15) is 4.39 Å². The molecule has 0 atom stereocenters. The summed E-state index contributed by atoms with van der Waals surface area (Å²) < 4.78 is 18.2. The van der Waals surface area contributed by atoms with Crippen molar-refractivity contribution < 1.29 is 9.13 Å². The third kappa shape index (κ3) is 2.77. The van der Waals surface area contributed by atoms with Crippen LogP contribution in [0.15, 0.2) is 42.6 Å². The highest BCUT2D eigenvalue weighted by Crippen LogP contribution is 2.11. The first-order valence-electron chi connectivity index (χ1n) is 4.54. The molecule has 0 aliphatic heterocycles. The van der Waals surface area contributed by atoms with Crippen molar-refractivity contribution in [1.82, 2.24) is 4.98 Å². The van der Waals surface area contributed by atoms with Crippen molar-refractivity contribution in [2.24, 2.45) is 0 Å². The summed E-state index contributed by atoms with van der Waals surface area (Å²) in [4.78, 5) is 3.47. The second-order valence-corrected chi connectivity index (χ2v) is 3.01. The lowest BCUT2D eigenvalue weighted by molar-refractivity contribution is 0.305. The molecule has 1 heterocycles. The van der Waals surface area contributed by atoms with E-state index in [4.69, 9.17) is 4.74 Å². The summed E-state index contributed by atoms with van der Waals surface area (Å²) in [5.41, 5.74) is 0.760. The Balaban J connectivity index is 1.99. The van der Waals surface area contributed by atoms with Crippen LogP contribution in [0.5, 0.6) is 5.75 Å². The lowest BCUT2D eigenvalue weighted by Gasteiger charge is -2.05. The highest BCUT2D eigenvalue weighted by Gasteiger charge is 1.97. The molecule has 3 heteroatoms. The van der Waals surface area contributed by atoms with E-state index in [-0.39, 0.29) is 0 Å². The van der Waals surface area contributed by atoms with Crippen molar-refractivity contribution in [2.45, 2.75) is 6.61 Å². The number of rotatable bonds is 3. The Morgan fingerprint density at radius 3 is 2.80 bits per heavy atom. The molecule has 2 rings (SSSR count). The van der Waals surface area contributed by atoms with E-state index >= 15 is 0 Å². The first kappa shape index (κ1) is 9.65. The zero-order chi connectivity index (χ0) is 10.5. The Labute approximate surface area is 87.4 Å². The predicted octanol–water partition coefficient (Wildman–Crippen LogP) is 2.60. The van der Waals surface area contributed by atoms with Gasteiger partial charge in [0, 0.05) is 6.20 Å². The maximum Gasteiger partial charge on any atom is 0.213 e. The minimum atomic E-state index is -0.488. The number of hydrogen-bond donors (Lipinski definition) is 0. The molecule has 0 unspecified atom stereocenters. The second kappa shape index (κ2) is 4.55. The molecule has 0 N–H and O–H groups in total. The van der Waals surface area contributed by atoms with Crippen LogP contribution in [0.25, 0.3) is 0 Å². The Hall–Kier alpha value is -1.90. The fraction of sp³-hybridized carbons (Fsp3) is 0.0833. The number of aromatic nitrogens is 1. The van der Waals surface area contributed by atoms with Gasteiger partial charge in [0.25, 0.3) is 0 Å². The van der Waals surface area contributed by atoms with Gasteiger partial charge in [0.15, 0.2) is 0 Å². The summed E-state index contributed by atoms with van der Waals surface area (Å²) in [5, 5.41) is 0. The van der Waals surface area contributed by atoms with E-state index < -0.39 is 5.95 Å². The maximum atomic E-state index is 12.7. The van der Waals surface area contributed by atoms with Crippen LogP contribution in [-0.2, 0) is 6.61 Å². The molecule has 2 aromatic rings. The van der Waals surface area contributed by atoms with E-state index in [1.54, 1.807) is 30.3 Å². The van der Waals surface area contributed by atoms with Gasteiger partial charge in [-0.2, -0.15) is 4.39 Å². The number of ether oxygens (including phenoxy) is 1.